The Morgan fingerprint density at radius 3 is 1.31 bits per heavy atom. The van der Waals surface area contributed by atoms with Crippen LogP contribution in [0.2, 0.25) is 0 Å². The molecule has 0 radical (unpaired) electrons. The van der Waals surface area contributed by atoms with Gasteiger partial charge in [-0.25, -0.2) is 14.3 Å². The summed E-state index contributed by atoms with van der Waals surface area (Å²) in [5.74, 6) is 2.08. The lowest BCUT2D eigenvalue weighted by Gasteiger charge is -2.17. The van der Waals surface area contributed by atoms with Crippen molar-refractivity contribution in [3.05, 3.63) is 89.5 Å². The Kier molecular flexibility index (Phi) is 13.7. The fraction of sp³-hybridized carbons (Fsp3) is 0.160. The minimum atomic E-state index is -2.65. The summed E-state index contributed by atoms with van der Waals surface area (Å²) < 4.78 is 21.7. The van der Waals surface area contributed by atoms with Crippen LogP contribution in [0.4, 0.5) is 0 Å². The summed E-state index contributed by atoms with van der Waals surface area (Å²) in [5, 5.41) is 13.0. The van der Waals surface area contributed by atoms with Crippen LogP contribution >= 0.6 is 41.5 Å². The highest BCUT2D eigenvalue weighted by atomic mass is 35.9. The number of nitrogens with zero attached hydrogens (tertiary/aromatic N) is 6. The molecule has 0 heterocycles. The number of halogens is 2. The van der Waals surface area contributed by atoms with Gasteiger partial charge in [-0.05, 0) is 147 Å². The van der Waals surface area contributed by atoms with Gasteiger partial charge < -0.3 is 13.8 Å². The Hall–Kier alpha value is -2.00. The standard InChI is InChI=1S/C25H29Cl2N6O3P3S3/c1-31(28-17-20-5-11-23(34-4)12-6-20)37(40)35-24-13-7-21(8-14-24)18-29-32(2)38(41)36-25-15-9-22(10-16-25)19-30-33(3)39(26,27)42/h5-19,37-38H,1-4H3/b28-17+,29-18+,30-19+. The monoisotopic (exact) mass is 720 g/mol. The van der Waals surface area contributed by atoms with E-state index in [-0.39, 0.29) is 0 Å². The first kappa shape index (κ1) is 34.5. The molecule has 0 saturated carbocycles. The second-order valence-electron chi connectivity index (χ2n) is 8.35. The van der Waals surface area contributed by atoms with Gasteiger partial charge in [0, 0.05) is 21.1 Å². The van der Waals surface area contributed by atoms with Crippen LogP contribution in [0.25, 0.3) is 0 Å². The summed E-state index contributed by atoms with van der Waals surface area (Å²) >= 11 is 28.0. The maximum Gasteiger partial charge on any atom is 0.222 e. The molecule has 0 aliphatic heterocycles. The third-order valence-electron chi connectivity index (χ3n) is 5.29. The van der Waals surface area contributed by atoms with Crippen molar-refractivity contribution in [3.8, 4) is 17.2 Å². The van der Waals surface area contributed by atoms with E-state index in [0.29, 0.717) is 11.5 Å². The van der Waals surface area contributed by atoms with Crippen LogP contribution in [0.15, 0.2) is 88.1 Å². The molecule has 224 valence electrons. The second-order valence-corrected chi connectivity index (χ2v) is 20.9. The number of ether oxygens (including phenoxy) is 1. The molecule has 0 saturated heterocycles. The van der Waals surface area contributed by atoms with Crippen molar-refractivity contribution < 1.29 is 13.8 Å². The summed E-state index contributed by atoms with van der Waals surface area (Å²) in [5.41, 5.74) is 2.64. The van der Waals surface area contributed by atoms with Crippen molar-refractivity contribution in [2.24, 2.45) is 15.3 Å². The fourth-order valence-electron chi connectivity index (χ4n) is 2.88. The topological polar surface area (TPSA) is 74.5 Å². The summed E-state index contributed by atoms with van der Waals surface area (Å²) in [7, 11) is 3.22. The molecule has 2 atom stereocenters. The number of benzene rings is 3. The van der Waals surface area contributed by atoms with Crippen molar-refractivity contribution in [2.75, 3.05) is 28.3 Å². The van der Waals surface area contributed by atoms with E-state index in [1.165, 1.54) is 4.78 Å². The van der Waals surface area contributed by atoms with Gasteiger partial charge in [0.25, 0.3) is 0 Å². The molecule has 17 heteroatoms. The molecule has 3 rings (SSSR count). The molecule has 0 fully saturated rings. The van der Waals surface area contributed by atoms with Crippen LogP contribution in [-0.4, -0.2) is 61.2 Å². The first-order valence-electron chi connectivity index (χ1n) is 12.1. The highest BCUT2D eigenvalue weighted by Gasteiger charge is 2.13. The molecule has 0 aliphatic carbocycles. The summed E-state index contributed by atoms with van der Waals surface area (Å²) in [4.78, 5) is -2.65. The molecule has 0 amide bonds. The van der Waals surface area contributed by atoms with E-state index >= 15 is 0 Å². The average Bonchev–Trinajstić information content (AvgIpc) is 2.98. The maximum absolute atomic E-state index is 5.94. The van der Waals surface area contributed by atoms with E-state index in [4.69, 9.17) is 71.7 Å². The van der Waals surface area contributed by atoms with E-state index in [0.717, 1.165) is 22.4 Å². The number of methoxy groups -OCH3 is 1. The lowest BCUT2D eigenvalue weighted by atomic mass is 10.2. The van der Waals surface area contributed by atoms with Crippen LogP contribution in [0.3, 0.4) is 0 Å². The van der Waals surface area contributed by atoms with Crippen molar-refractivity contribution in [2.45, 2.75) is 0 Å². The van der Waals surface area contributed by atoms with E-state index in [1.54, 1.807) is 56.5 Å². The zero-order valence-corrected chi connectivity index (χ0v) is 29.9. The SMILES string of the molecule is COc1ccc(/C=N/N(C)[PH](=S)Oc2ccc(/C=N/N(C)[PH](=S)Oc3ccc(/C=N/N(C)P(=S)(Cl)Cl)cc3)cc2)cc1. The number of rotatable bonds is 14. The highest BCUT2D eigenvalue weighted by molar-refractivity contribution is 8.37. The zero-order chi connectivity index (χ0) is 30.7. The molecule has 2 unspecified atom stereocenters. The summed E-state index contributed by atoms with van der Waals surface area (Å²) in [6, 6.07) is 22.3. The Morgan fingerprint density at radius 2 is 0.976 bits per heavy atom. The normalized spacial score (nSPS) is 13.3. The van der Waals surface area contributed by atoms with Crippen LogP contribution in [0.1, 0.15) is 16.7 Å². The molecule has 0 aromatic heterocycles. The molecule has 42 heavy (non-hydrogen) atoms. The zero-order valence-electron chi connectivity index (χ0n) is 23.0. The second kappa shape index (κ2) is 16.7. The van der Waals surface area contributed by atoms with E-state index in [9.17, 15) is 0 Å². The van der Waals surface area contributed by atoms with E-state index < -0.39 is 19.0 Å². The van der Waals surface area contributed by atoms with Gasteiger partial charge in [-0.3, -0.25) is 0 Å². The predicted octanol–water partition coefficient (Wildman–Crippen LogP) is 7.36. The molecule has 3 aromatic rings. The number of hydrogen-bond acceptors (Lipinski definition) is 9. The molecule has 0 bridgehead atoms. The Morgan fingerprint density at radius 1 is 0.643 bits per heavy atom. The van der Waals surface area contributed by atoms with Crippen molar-refractivity contribution in [1.82, 2.24) is 14.3 Å². The van der Waals surface area contributed by atoms with Gasteiger partial charge >= 0.3 is 0 Å². The number of hydrazone groups is 3. The van der Waals surface area contributed by atoms with Crippen LogP contribution in [0.5, 0.6) is 17.2 Å². The quantitative estimate of drug-likeness (QED) is 0.0965. The highest BCUT2D eigenvalue weighted by Crippen LogP contribution is 2.59. The molecule has 3 aromatic carbocycles. The Balaban J connectivity index is 1.48. The minimum Gasteiger partial charge on any atom is -0.497 e. The predicted molar refractivity (Wildman–Crippen MR) is 191 cm³/mol. The summed E-state index contributed by atoms with van der Waals surface area (Å²) in [6.07, 6.45) is 5.06. The van der Waals surface area contributed by atoms with E-state index in [1.807, 2.05) is 72.8 Å². The van der Waals surface area contributed by atoms with Gasteiger partial charge in [0.05, 0.1) is 25.8 Å². The lowest BCUT2D eigenvalue weighted by molar-refractivity contribution is 0.415. The van der Waals surface area contributed by atoms with Crippen LogP contribution < -0.4 is 13.8 Å². The lowest BCUT2D eigenvalue weighted by Crippen LogP contribution is -2.04. The third-order valence-corrected chi connectivity index (χ3v) is 12.3. The van der Waals surface area contributed by atoms with Gasteiger partial charge in [-0.1, -0.05) is 0 Å². The molecule has 9 nitrogen and oxygen atoms in total. The largest absolute Gasteiger partial charge is 0.497 e. The third kappa shape index (κ3) is 11.6. The van der Waals surface area contributed by atoms with Crippen molar-refractivity contribution in [3.63, 3.8) is 0 Å². The van der Waals surface area contributed by atoms with Crippen molar-refractivity contribution >= 4 is 95.6 Å². The minimum absolute atomic E-state index is 0.632. The first-order chi connectivity index (χ1) is 19.9. The van der Waals surface area contributed by atoms with Crippen LogP contribution in [0, 0.1) is 0 Å². The summed E-state index contributed by atoms with van der Waals surface area (Å²) in [6.45, 7) is 0. The fourth-order valence-corrected chi connectivity index (χ4v) is 5.52. The molecule has 0 N–H and O–H groups in total. The van der Waals surface area contributed by atoms with E-state index in [2.05, 4.69) is 15.3 Å². The Bertz CT molecular complexity index is 1510. The first-order valence-corrected chi connectivity index (χ1v) is 21.6. The molecule has 0 aliphatic rings. The van der Waals surface area contributed by atoms with Gasteiger partial charge in [0.1, 0.15) is 17.2 Å². The Labute approximate surface area is 272 Å². The van der Waals surface area contributed by atoms with Gasteiger partial charge in [-0.2, -0.15) is 15.3 Å². The van der Waals surface area contributed by atoms with Crippen LogP contribution in [-0.2, 0) is 35.4 Å². The average molecular weight is 722 g/mol. The molecule has 0 spiro atoms. The molecular weight excluding hydrogens is 692 g/mol. The van der Waals surface area contributed by atoms with Crippen molar-refractivity contribution in [1.29, 1.82) is 0 Å². The van der Waals surface area contributed by atoms with Gasteiger partial charge in [-0.15, -0.1) is 0 Å². The van der Waals surface area contributed by atoms with Gasteiger partial charge in [0.15, 0.2) is 0 Å². The van der Waals surface area contributed by atoms with Gasteiger partial charge in [0.2, 0.25) is 19.0 Å². The smallest absolute Gasteiger partial charge is 0.222 e. The number of hydrogen-bond donors (Lipinski definition) is 0. The maximum atomic E-state index is 5.94. The molecular formula is C25H29Cl2N6O3P3S3.